The van der Waals surface area contributed by atoms with Gasteiger partial charge in [-0.2, -0.15) is 0 Å². The summed E-state index contributed by atoms with van der Waals surface area (Å²) in [6, 6.07) is 0. The molecule has 1 heterocycles. The standard InChI is InChI=1S/C14H29NO2/c1-3-6-13-7-5-9-15(10-8-13)11-14(16)12-17-4-2/h13-14,16H,3-12H2,1-2H3. The summed E-state index contributed by atoms with van der Waals surface area (Å²) in [5.41, 5.74) is 0. The van der Waals surface area contributed by atoms with Crippen molar-refractivity contribution < 1.29 is 9.84 Å². The van der Waals surface area contributed by atoms with Gasteiger partial charge in [-0.15, -0.1) is 0 Å². The number of aliphatic hydroxyl groups is 1. The maximum atomic E-state index is 9.83. The third-order valence-electron chi connectivity index (χ3n) is 3.62. The Bertz CT molecular complexity index is 187. The summed E-state index contributed by atoms with van der Waals surface area (Å²) in [6.07, 6.45) is 6.30. The van der Waals surface area contributed by atoms with Gasteiger partial charge in [-0.1, -0.05) is 19.8 Å². The molecule has 1 fully saturated rings. The van der Waals surface area contributed by atoms with Gasteiger partial charge in [0.25, 0.3) is 0 Å². The molecule has 3 nitrogen and oxygen atoms in total. The third-order valence-corrected chi connectivity index (χ3v) is 3.62. The summed E-state index contributed by atoms with van der Waals surface area (Å²) < 4.78 is 5.25. The molecular formula is C14H29NO2. The lowest BCUT2D eigenvalue weighted by molar-refractivity contribution is 0.0215. The van der Waals surface area contributed by atoms with Gasteiger partial charge >= 0.3 is 0 Å². The second-order valence-electron chi connectivity index (χ2n) is 5.20. The van der Waals surface area contributed by atoms with Crippen molar-refractivity contribution in [3.8, 4) is 0 Å². The normalized spacial score (nSPS) is 24.5. The first-order chi connectivity index (χ1) is 8.26. The molecule has 1 aliphatic rings. The molecule has 0 radical (unpaired) electrons. The van der Waals surface area contributed by atoms with Crippen LogP contribution in [0.4, 0.5) is 0 Å². The highest BCUT2D eigenvalue weighted by atomic mass is 16.5. The van der Waals surface area contributed by atoms with E-state index >= 15 is 0 Å². The van der Waals surface area contributed by atoms with E-state index in [1.165, 1.54) is 32.1 Å². The predicted octanol–water partition coefficient (Wildman–Crippen LogP) is 2.29. The smallest absolute Gasteiger partial charge is 0.0900 e. The zero-order valence-corrected chi connectivity index (χ0v) is 11.5. The fourth-order valence-corrected chi connectivity index (χ4v) is 2.71. The molecule has 0 saturated carbocycles. The van der Waals surface area contributed by atoms with Crippen molar-refractivity contribution in [2.75, 3.05) is 32.8 Å². The van der Waals surface area contributed by atoms with E-state index in [1.54, 1.807) is 0 Å². The van der Waals surface area contributed by atoms with Gasteiger partial charge in [-0.25, -0.2) is 0 Å². The Kier molecular flexibility index (Phi) is 7.82. The highest BCUT2D eigenvalue weighted by molar-refractivity contribution is 4.72. The van der Waals surface area contributed by atoms with Gasteiger partial charge in [-0.3, -0.25) is 0 Å². The van der Waals surface area contributed by atoms with Crippen molar-refractivity contribution >= 4 is 0 Å². The average molecular weight is 243 g/mol. The number of nitrogens with zero attached hydrogens (tertiary/aromatic N) is 1. The summed E-state index contributed by atoms with van der Waals surface area (Å²) >= 11 is 0. The van der Waals surface area contributed by atoms with Crippen molar-refractivity contribution in [2.24, 2.45) is 5.92 Å². The van der Waals surface area contributed by atoms with Gasteiger partial charge in [0.15, 0.2) is 0 Å². The summed E-state index contributed by atoms with van der Waals surface area (Å²) in [5.74, 6) is 0.911. The molecule has 0 amide bonds. The van der Waals surface area contributed by atoms with Crippen molar-refractivity contribution in [1.29, 1.82) is 0 Å². The van der Waals surface area contributed by atoms with Crippen molar-refractivity contribution in [2.45, 2.75) is 52.1 Å². The van der Waals surface area contributed by atoms with Crippen molar-refractivity contribution in [3.05, 3.63) is 0 Å². The Balaban J connectivity index is 2.21. The fourth-order valence-electron chi connectivity index (χ4n) is 2.71. The molecule has 1 saturated heterocycles. The molecule has 0 aromatic heterocycles. The van der Waals surface area contributed by atoms with Crippen LogP contribution in [0.15, 0.2) is 0 Å². The van der Waals surface area contributed by atoms with Crippen LogP contribution in [0.2, 0.25) is 0 Å². The first kappa shape index (κ1) is 14.9. The quantitative estimate of drug-likeness (QED) is 0.744. The lowest BCUT2D eigenvalue weighted by atomic mass is 9.96. The first-order valence-corrected chi connectivity index (χ1v) is 7.24. The second kappa shape index (κ2) is 8.90. The van der Waals surface area contributed by atoms with Crippen LogP contribution in [0.1, 0.15) is 46.0 Å². The summed E-state index contributed by atoms with van der Waals surface area (Å²) in [7, 11) is 0. The van der Waals surface area contributed by atoms with Crippen LogP contribution in [0.3, 0.4) is 0 Å². The van der Waals surface area contributed by atoms with E-state index in [2.05, 4.69) is 11.8 Å². The van der Waals surface area contributed by atoms with E-state index < -0.39 is 0 Å². The number of rotatable bonds is 7. The molecule has 0 bridgehead atoms. The Labute approximate surface area is 106 Å². The van der Waals surface area contributed by atoms with Gasteiger partial charge in [-0.05, 0) is 45.2 Å². The summed E-state index contributed by atoms with van der Waals surface area (Å²) in [5, 5.41) is 9.83. The third kappa shape index (κ3) is 6.39. The van der Waals surface area contributed by atoms with E-state index in [-0.39, 0.29) is 6.10 Å². The van der Waals surface area contributed by atoms with E-state index in [1.807, 2.05) is 6.92 Å². The van der Waals surface area contributed by atoms with Crippen molar-refractivity contribution in [3.63, 3.8) is 0 Å². The van der Waals surface area contributed by atoms with Gasteiger partial charge < -0.3 is 14.7 Å². The Morgan fingerprint density at radius 2 is 2.12 bits per heavy atom. The lowest BCUT2D eigenvalue weighted by Crippen LogP contribution is -2.35. The minimum Gasteiger partial charge on any atom is -0.389 e. The highest BCUT2D eigenvalue weighted by Crippen LogP contribution is 2.21. The SMILES string of the molecule is CCCC1CCCN(CC(O)COCC)CC1. The molecule has 2 unspecified atom stereocenters. The molecule has 0 aromatic rings. The highest BCUT2D eigenvalue weighted by Gasteiger charge is 2.18. The van der Waals surface area contributed by atoms with Crippen LogP contribution in [0.5, 0.6) is 0 Å². The minimum absolute atomic E-state index is 0.322. The molecule has 0 aliphatic carbocycles. The first-order valence-electron chi connectivity index (χ1n) is 7.24. The molecular weight excluding hydrogens is 214 g/mol. The Hall–Kier alpha value is -0.120. The largest absolute Gasteiger partial charge is 0.389 e. The van der Waals surface area contributed by atoms with Gasteiger partial charge in [0.1, 0.15) is 0 Å². The van der Waals surface area contributed by atoms with Crippen LogP contribution in [-0.4, -0.2) is 49.0 Å². The van der Waals surface area contributed by atoms with E-state index in [0.29, 0.717) is 13.2 Å². The summed E-state index contributed by atoms with van der Waals surface area (Å²) in [6.45, 7) is 8.47. The molecule has 0 aromatic carbocycles. The van der Waals surface area contributed by atoms with Crippen LogP contribution in [0.25, 0.3) is 0 Å². The average Bonchev–Trinajstić information content (AvgIpc) is 2.53. The molecule has 1 N–H and O–H groups in total. The zero-order valence-electron chi connectivity index (χ0n) is 11.5. The molecule has 1 aliphatic heterocycles. The monoisotopic (exact) mass is 243 g/mol. The second-order valence-corrected chi connectivity index (χ2v) is 5.20. The summed E-state index contributed by atoms with van der Waals surface area (Å²) in [4.78, 5) is 2.40. The topological polar surface area (TPSA) is 32.7 Å². The number of hydrogen-bond acceptors (Lipinski definition) is 3. The van der Waals surface area contributed by atoms with Gasteiger partial charge in [0.2, 0.25) is 0 Å². The van der Waals surface area contributed by atoms with Crippen LogP contribution in [0, 0.1) is 5.92 Å². The molecule has 17 heavy (non-hydrogen) atoms. The number of hydrogen-bond donors (Lipinski definition) is 1. The molecule has 1 rings (SSSR count). The van der Waals surface area contributed by atoms with E-state index in [9.17, 15) is 5.11 Å². The van der Waals surface area contributed by atoms with E-state index in [4.69, 9.17) is 4.74 Å². The Morgan fingerprint density at radius 3 is 2.82 bits per heavy atom. The molecule has 3 heteroatoms. The maximum absolute atomic E-state index is 9.83. The van der Waals surface area contributed by atoms with Crippen LogP contribution >= 0.6 is 0 Å². The predicted molar refractivity (Wildman–Crippen MR) is 71.2 cm³/mol. The molecule has 2 atom stereocenters. The molecule has 0 spiro atoms. The number of likely N-dealkylation sites (tertiary alicyclic amines) is 1. The van der Waals surface area contributed by atoms with Crippen LogP contribution in [-0.2, 0) is 4.74 Å². The van der Waals surface area contributed by atoms with E-state index in [0.717, 1.165) is 25.6 Å². The van der Waals surface area contributed by atoms with Gasteiger partial charge in [0, 0.05) is 13.2 Å². The lowest BCUT2D eigenvalue weighted by Gasteiger charge is -2.23. The minimum atomic E-state index is -0.322. The Morgan fingerprint density at radius 1 is 1.29 bits per heavy atom. The number of aliphatic hydroxyl groups excluding tert-OH is 1. The maximum Gasteiger partial charge on any atom is 0.0900 e. The zero-order chi connectivity index (χ0) is 12.5. The van der Waals surface area contributed by atoms with Crippen LogP contribution < -0.4 is 0 Å². The number of β-amino-alcohol motifs (C(OH)–C–C–N with tert-alkyl or cyclic N) is 1. The fraction of sp³-hybridized carbons (Fsp3) is 1.00. The van der Waals surface area contributed by atoms with Crippen molar-refractivity contribution in [1.82, 2.24) is 4.90 Å². The van der Waals surface area contributed by atoms with Gasteiger partial charge in [0.05, 0.1) is 12.7 Å². The molecule has 102 valence electrons. The number of ether oxygens (including phenoxy) is 1.